The minimum absolute atomic E-state index is 0.491. The highest BCUT2D eigenvalue weighted by molar-refractivity contribution is 5.53. The summed E-state index contributed by atoms with van der Waals surface area (Å²) in [4.78, 5) is 4.76. The van der Waals surface area contributed by atoms with E-state index in [1.165, 1.54) is 5.69 Å². The fourth-order valence-corrected chi connectivity index (χ4v) is 2.83. The Morgan fingerprint density at radius 2 is 2.16 bits per heavy atom. The lowest BCUT2D eigenvalue weighted by Crippen LogP contribution is -2.59. The molecule has 0 saturated carbocycles. The molecule has 1 aliphatic heterocycles. The fraction of sp³-hybridized carbons (Fsp3) is 0.600. The molecule has 0 bridgehead atoms. The van der Waals surface area contributed by atoms with E-state index >= 15 is 0 Å². The molecule has 4 heteroatoms. The number of hydrogen-bond acceptors (Lipinski definition) is 4. The summed E-state index contributed by atoms with van der Waals surface area (Å²) >= 11 is 0. The van der Waals surface area contributed by atoms with E-state index in [2.05, 4.69) is 54.3 Å². The fourth-order valence-electron chi connectivity index (χ4n) is 2.83. The molecule has 0 amide bonds. The predicted octanol–water partition coefficient (Wildman–Crippen LogP) is 1.42. The summed E-state index contributed by atoms with van der Waals surface area (Å²) in [5.41, 5.74) is 1.25. The van der Waals surface area contributed by atoms with Crippen LogP contribution in [0.3, 0.4) is 0 Å². The van der Waals surface area contributed by atoms with Crippen LogP contribution in [0.4, 0.5) is 5.69 Å². The third-order valence-electron chi connectivity index (χ3n) is 3.62. The van der Waals surface area contributed by atoms with Gasteiger partial charge in [0.2, 0.25) is 0 Å². The molecule has 1 N–H and O–H groups in total. The molecule has 1 aromatic rings. The van der Waals surface area contributed by atoms with Crippen molar-refractivity contribution < 1.29 is 4.74 Å². The van der Waals surface area contributed by atoms with Crippen molar-refractivity contribution in [3.05, 3.63) is 24.3 Å². The van der Waals surface area contributed by atoms with Crippen LogP contribution in [-0.4, -0.2) is 57.8 Å². The van der Waals surface area contributed by atoms with Gasteiger partial charge in [-0.2, -0.15) is 0 Å². The first-order valence-electron chi connectivity index (χ1n) is 6.89. The molecular weight excluding hydrogens is 238 g/mol. The largest absolute Gasteiger partial charge is 0.497 e. The van der Waals surface area contributed by atoms with Gasteiger partial charge in [0.05, 0.1) is 13.2 Å². The topological polar surface area (TPSA) is 27.7 Å². The number of anilines is 1. The summed E-state index contributed by atoms with van der Waals surface area (Å²) in [7, 11) is 5.98. The highest BCUT2D eigenvalue weighted by Gasteiger charge is 2.28. The van der Waals surface area contributed by atoms with Crippen LogP contribution in [-0.2, 0) is 0 Å². The summed E-state index contributed by atoms with van der Waals surface area (Å²) in [5, 5.41) is 3.52. The van der Waals surface area contributed by atoms with E-state index in [1.54, 1.807) is 7.11 Å². The van der Waals surface area contributed by atoms with Crippen molar-refractivity contribution in [2.45, 2.75) is 19.0 Å². The monoisotopic (exact) mass is 263 g/mol. The van der Waals surface area contributed by atoms with Crippen LogP contribution in [0.2, 0.25) is 0 Å². The van der Waals surface area contributed by atoms with Gasteiger partial charge < -0.3 is 19.9 Å². The number of likely N-dealkylation sites (N-methyl/N-ethyl adjacent to an activating group) is 1. The molecule has 0 radical (unpaired) electrons. The van der Waals surface area contributed by atoms with Crippen molar-refractivity contribution in [2.75, 3.05) is 45.7 Å². The third kappa shape index (κ3) is 3.39. The highest BCUT2D eigenvalue weighted by atomic mass is 16.5. The lowest BCUT2D eigenvalue weighted by atomic mass is 10.1. The molecule has 1 saturated heterocycles. The SMILES string of the molecule is COc1cccc(N2C(C)CNCC2CN(C)C)c1. The van der Waals surface area contributed by atoms with Crippen molar-refractivity contribution >= 4 is 5.69 Å². The van der Waals surface area contributed by atoms with Crippen LogP contribution in [0.15, 0.2) is 24.3 Å². The predicted molar refractivity (Wildman–Crippen MR) is 80.1 cm³/mol. The van der Waals surface area contributed by atoms with E-state index in [0.717, 1.165) is 25.4 Å². The first-order chi connectivity index (χ1) is 9.11. The van der Waals surface area contributed by atoms with E-state index < -0.39 is 0 Å². The van der Waals surface area contributed by atoms with Crippen LogP contribution >= 0.6 is 0 Å². The molecule has 1 aromatic carbocycles. The van der Waals surface area contributed by atoms with Crippen LogP contribution in [0.1, 0.15) is 6.92 Å². The van der Waals surface area contributed by atoms with E-state index in [4.69, 9.17) is 4.74 Å². The number of hydrogen-bond donors (Lipinski definition) is 1. The standard InChI is InChI=1S/C15H25N3O/c1-12-9-16-10-14(11-17(2)3)18(12)13-6-5-7-15(8-13)19-4/h5-8,12,14,16H,9-11H2,1-4H3. The Morgan fingerprint density at radius 3 is 2.84 bits per heavy atom. The Hall–Kier alpha value is -1.26. The number of benzene rings is 1. The maximum Gasteiger partial charge on any atom is 0.120 e. The molecule has 0 aromatic heterocycles. The molecule has 1 fully saturated rings. The molecule has 106 valence electrons. The molecule has 2 rings (SSSR count). The van der Waals surface area contributed by atoms with E-state index in [-0.39, 0.29) is 0 Å². The Labute approximate surface area is 116 Å². The van der Waals surface area contributed by atoms with Crippen molar-refractivity contribution in [3.8, 4) is 5.75 Å². The molecule has 4 nitrogen and oxygen atoms in total. The molecule has 1 aliphatic rings. The Morgan fingerprint density at radius 1 is 1.37 bits per heavy atom. The van der Waals surface area contributed by atoms with Crippen molar-refractivity contribution in [1.82, 2.24) is 10.2 Å². The summed E-state index contributed by atoms with van der Waals surface area (Å²) in [6.45, 7) is 5.38. The van der Waals surface area contributed by atoms with Gasteiger partial charge in [-0.3, -0.25) is 0 Å². The maximum absolute atomic E-state index is 5.34. The number of ether oxygens (including phenoxy) is 1. The molecular formula is C15H25N3O. The second-order valence-corrected chi connectivity index (χ2v) is 5.53. The minimum atomic E-state index is 0.491. The zero-order valence-corrected chi connectivity index (χ0v) is 12.4. The van der Waals surface area contributed by atoms with Gasteiger partial charge in [0.25, 0.3) is 0 Å². The van der Waals surface area contributed by atoms with E-state index in [0.29, 0.717) is 12.1 Å². The van der Waals surface area contributed by atoms with Crippen LogP contribution < -0.4 is 15.0 Å². The van der Waals surface area contributed by atoms with Gasteiger partial charge >= 0.3 is 0 Å². The third-order valence-corrected chi connectivity index (χ3v) is 3.62. The Balaban J connectivity index is 2.24. The second kappa shape index (κ2) is 6.26. The van der Waals surface area contributed by atoms with Crippen LogP contribution in [0, 0.1) is 0 Å². The Kier molecular flexibility index (Phi) is 4.66. The van der Waals surface area contributed by atoms with E-state index in [1.807, 2.05) is 6.07 Å². The normalized spacial score (nSPS) is 23.7. The zero-order valence-electron chi connectivity index (χ0n) is 12.4. The van der Waals surface area contributed by atoms with Crippen LogP contribution in [0.25, 0.3) is 0 Å². The quantitative estimate of drug-likeness (QED) is 0.889. The lowest BCUT2D eigenvalue weighted by molar-refractivity contribution is 0.315. The molecule has 1 heterocycles. The average Bonchev–Trinajstić information content (AvgIpc) is 2.38. The second-order valence-electron chi connectivity index (χ2n) is 5.53. The molecule has 0 aliphatic carbocycles. The summed E-state index contributed by atoms with van der Waals surface area (Å²) < 4.78 is 5.34. The molecule has 19 heavy (non-hydrogen) atoms. The first-order valence-corrected chi connectivity index (χ1v) is 6.89. The summed E-state index contributed by atoms with van der Waals surface area (Å²) in [6, 6.07) is 9.35. The number of rotatable bonds is 4. The molecule has 2 unspecified atom stereocenters. The van der Waals surface area contributed by atoms with Crippen LogP contribution in [0.5, 0.6) is 5.75 Å². The Bertz CT molecular complexity index is 408. The average molecular weight is 263 g/mol. The van der Waals surface area contributed by atoms with Gasteiger partial charge in [-0.15, -0.1) is 0 Å². The first kappa shape index (κ1) is 14.2. The molecule has 0 spiro atoms. The summed E-state index contributed by atoms with van der Waals surface area (Å²) in [5.74, 6) is 0.923. The number of nitrogens with zero attached hydrogens (tertiary/aromatic N) is 2. The summed E-state index contributed by atoms with van der Waals surface area (Å²) in [6.07, 6.45) is 0. The maximum atomic E-state index is 5.34. The number of methoxy groups -OCH3 is 1. The van der Waals surface area contributed by atoms with Gasteiger partial charge in [-0.05, 0) is 33.2 Å². The smallest absolute Gasteiger partial charge is 0.120 e. The number of nitrogens with one attached hydrogen (secondary N) is 1. The lowest BCUT2D eigenvalue weighted by Gasteiger charge is -2.44. The van der Waals surface area contributed by atoms with Gasteiger partial charge in [-0.1, -0.05) is 6.07 Å². The van der Waals surface area contributed by atoms with E-state index in [9.17, 15) is 0 Å². The zero-order chi connectivity index (χ0) is 13.8. The highest BCUT2D eigenvalue weighted by Crippen LogP contribution is 2.26. The number of piperazine rings is 1. The van der Waals surface area contributed by atoms with Gasteiger partial charge in [0.1, 0.15) is 5.75 Å². The minimum Gasteiger partial charge on any atom is -0.497 e. The van der Waals surface area contributed by atoms with Crippen molar-refractivity contribution in [2.24, 2.45) is 0 Å². The van der Waals surface area contributed by atoms with Gasteiger partial charge in [-0.25, -0.2) is 0 Å². The van der Waals surface area contributed by atoms with Crippen molar-refractivity contribution in [1.29, 1.82) is 0 Å². The van der Waals surface area contributed by atoms with Crippen molar-refractivity contribution in [3.63, 3.8) is 0 Å². The van der Waals surface area contributed by atoms with Gasteiger partial charge in [0, 0.05) is 37.4 Å². The molecule has 2 atom stereocenters. The van der Waals surface area contributed by atoms with Gasteiger partial charge in [0.15, 0.2) is 0 Å².